The van der Waals surface area contributed by atoms with Crippen LogP contribution in [0.2, 0.25) is 0 Å². The Labute approximate surface area is 66.0 Å². The fraction of sp³-hybridized carbons (Fsp3) is 0.444. The second-order valence-electron chi connectivity index (χ2n) is 3.23. The average Bonchev–Trinajstić information content (AvgIpc) is 2.46. The zero-order valence-electron chi connectivity index (χ0n) is 6.55. The molecule has 1 aliphatic heterocycles. The molecular weight excluding hydrogens is 138 g/mol. The van der Waals surface area contributed by atoms with Crippen molar-refractivity contribution in [1.29, 1.82) is 0 Å². The molecule has 2 heteroatoms. The van der Waals surface area contributed by atoms with Gasteiger partial charge in [0.15, 0.2) is 0 Å². The van der Waals surface area contributed by atoms with Crippen LogP contribution >= 0.6 is 0 Å². The quantitative estimate of drug-likeness (QED) is 0.550. The second kappa shape index (κ2) is 1.97. The van der Waals surface area contributed by atoms with E-state index in [4.69, 9.17) is 0 Å². The summed E-state index contributed by atoms with van der Waals surface area (Å²) in [6.07, 6.45) is 7.74. The maximum atomic E-state index is 11.0. The number of allylic oxidation sites excluding steroid dienone is 2. The van der Waals surface area contributed by atoms with Crippen LogP contribution in [0.5, 0.6) is 0 Å². The van der Waals surface area contributed by atoms with Gasteiger partial charge < -0.3 is 5.32 Å². The lowest BCUT2D eigenvalue weighted by Gasteiger charge is -2.22. The minimum atomic E-state index is -0.100. The Bertz CT molecular complexity index is 265. The lowest BCUT2D eigenvalue weighted by molar-refractivity contribution is -0.119. The molecule has 1 heterocycles. The summed E-state index contributed by atoms with van der Waals surface area (Å²) >= 11 is 0. The minimum Gasteiger partial charge on any atom is -0.343 e. The van der Waals surface area contributed by atoms with Crippen LogP contribution in [0.4, 0.5) is 0 Å². The molecular formula is C9H11NO. The fourth-order valence-electron chi connectivity index (χ4n) is 1.74. The van der Waals surface area contributed by atoms with Gasteiger partial charge in [-0.25, -0.2) is 0 Å². The van der Waals surface area contributed by atoms with Crippen molar-refractivity contribution in [3.05, 3.63) is 23.8 Å². The Hall–Kier alpha value is -1.05. The van der Waals surface area contributed by atoms with E-state index in [9.17, 15) is 4.79 Å². The number of rotatable bonds is 0. The second-order valence-corrected chi connectivity index (χ2v) is 3.23. The molecule has 1 spiro atoms. The molecule has 0 saturated carbocycles. The summed E-state index contributed by atoms with van der Waals surface area (Å²) in [6.45, 7) is 2.06. The van der Waals surface area contributed by atoms with Crippen LogP contribution in [0.1, 0.15) is 19.8 Å². The minimum absolute atomic E-state index is 0.100. The molecule has 0 bridgehead atoms. The number of carbonyl (C=O) groups is 1. The number of amides is 1. The van der Waals surface area contributed by atoms with Gasteiger partial charge in [-0.05, 0) is 18.9 Å². The van der Waals surface area contributed by atoms with Crippen LogP contribution < -0.4 is 5.32 Å². The first-order valence-electron chi connectivity index (χ1n) is 3.91. The number of hydrogen-bond donors (Lipinski definition) is 1. The Morgan fingerprint density at radius 3 is 2.91 bits per heavy atom. The molecule has 0 radical (unpaired) electrons. The third-order valence-corrected chi connectivity index (χ3v) is 2.54. The molecule has 11 heavy (non-hydrogen) atoms. The normalized spacial score (nSPS) is 34.6. The molecule has 2 nitrogen and oxygen atoms in total. The molecule has 1 aliphatic carbocycles. The fourth-order valence-corrected chi connectivity index (χ4v) is 1.74. The molecule has 1 amide bonds. The van der Waals surface area contributed by atoms with Gasteiger partial charge in [0.25, 0.3) is 0 Å². The summed E-state index contributed by atoms with van der Waals surface area (Å²) in [6, 6.07) is 0. The van der Waals surface area contributed by atoms with E-state index in [1.54, 1.807) is 0 Å². The van der Waals surface area contributed by atoms with E-state index in [1.165, 1.54) is 5.57 Å². The summed E-state index contributed by atoms with van der Waals surface area (Å²) in [4.78, 5) is 11.0. The molecule has 0 aromatic heterocycles. The van der Waals surface area contributed by atoms with Crippen LogP contribution in [-0.4, -0.2) is 11.4 Å². The van der Waals surface area contributed by atoms with Crippen LogP contribution in [0.25, 0.3) is 0 Å². The van der Waals surface area contributed by atoms with E-state index >= 15 is 0 Å². The SMILES string of the molecule is CC1=CC=CC12CCC(=O)N2. The summed E-state index contributed by atoms with van der Waals surface area (Å²) in [5.41, 5.74) is 1.15. The number of hydrogen-bond acceptors (Lipinski definition) is 1. The highest BCUT2D eigenvalue weighted by Gasteiger charge is 2.37. The molecule has 1 fully saturated rings. The van der Waals surface area contributed by atoms with Gasteiger partial charge in [0, 0.05) is 6.42 Å². The van der Waals surface area contributed by atoms with Crippen molar-refractivity contribution in [2.45, 2.75) is 25.3 Å². The maximum absolute atomic E-state index is 11.0. The topological polar surface area (TPSA) is 29.1 Å². The summed E-state index contributed by atoms with van der Waals surface area (Å²) in [5, 5.41) is 2.98. The van der Waals surface area contributed by atoms with Gasteiger partial charge in [0.1, 0.15) is 0 Å². The molecule has 1 saturated heterocycles. The summed E-state index contributed by atoms with van der Waals surface area (Å²) < 4.78 is 0. The van der Waals surface area contributed by atoms with E-state index in [-0.39, 0.29) is 11.4 Å². The third-order valence-electron chi connectivity index (χ3n) is 2.54. The van der Waals surface area contributed by atoms with E-state index in [0.717, 1.165) is 6.42 Å². The van der Waals surface area contributed by atoms with E-state index in [0.29, 0.717) is 6.42 Å². The van der Waals surface area contributed by atoms with Gasteiger partial charge in [-0.2, -0.15) is 0 Å². The van der Waals surface area contributed by atoms with Crippen LogP contribution in [-0.2, 0) is 4.79 Å². The van der Waals surface area contributed by atoms with Crippen molar-refractivity contribution < 1.29 is 4.79 Å². The Balaban J connectivity index is 2.31. The highest BCUT2D eigenvalue weighted by atomic mass is 16.2. The van der Waals surface area contributed by atoms with Crippen LogP contribution in [0, 0.1) is 0 Å². The van der Waals surface area contributed by atoms with Crippen LogP contribution in [0.3, 0.4) is 0 Å². The van der Waals surface area contributed by atoms with Crippen molar-refractivity contribution in [3.8, 4) is 0 Å². The van der Waals surface area contributed by atoms with Gasteiger partial charge in [-0.3, -0.25) is 4.79 Å². The first-order valence-corrected chi connectivity index (χ1v) is 3.91. The van der Waals surface area contributed by atoms with Gasteiger partial charge in [-0.1, -0.05) is 18.2 Å². The average molecular weight is 149 g/mol. The zero-order chi connectivity index (χ0) is 7.90. The van der Waals surface area contributed by atoms with E-state index in [2.05, 4.69) is 24.4 Å². The molecule has 58 valence electrons. The lowest BCUT2D eigenvalue weighted by Crippen LogP contribution is -2.39. The Morgan fingerprint density at radius 1 is 1.64 bits per heavy atom. The van der Waals surface area contributed by atoms with Crippen LogP contribution in [0.15, 0.2) is 23.8 Å². The van der Waals surface area contributed by atoms with Crippen molar-refractivity contribution in [2.24, 2.45) is 0 Å². The van der Waals surface area contributed by atoms with Gasteiger partial charge in [0.2, 0.25) is 5.91 Å². The van der Waals surface area contributed by atoms with Gasteiger partial charge in [-0.15, -0.1) is 0 Å². The standard InChI is InChI=1S/C9H11NO/c1-7-3-2-5-9(7)6-4-8(11)10-9/h2-3,5H,4,6H2,1H3,(H,10,11). The highest BCUT2D eigenvalue weighted by Crippen LogP contribution is 2.32. The molecule has 2 rings (SSSR count). The molecule has 0 aromatic carbocycles. The van der Waals surface area contributed by atoms with Crippen molar-refractivity contribution in [3.63, 3.8) is 0 Å². The molecule has 1 atom stereocenters. The molecule has 1 unspecified atom stereocenters. The van der Waals surface area contributed by atoms with Gasteiger partial charge in [0.05, 0.1) is 5.54 Å². The van der Waals surface area contributed by atoms with E-state index in [1.807, 2.05) is 6.08 Å². The van der Waals surface area contributed by atoms with Crippen molar-refractivity contribution >= 4 is 5.91 Å². The van der Waals surface area contributed by atoms with Crippen molar-refractivity contribution in [2.75, 3.05) is 0 Å². The first kappa shape index (κ1) is 6.65. The predicted octanol–water partition coefficient (Wildman–Crippen LogP) is 1.15. The molecule has 1 N–H and O–H groups in total. The smallest absolute Gasteiger partial charge is 0.221 e. The summed E-state index contributed by atoms with van der Waals surface area (Å²) in [5.74, 6) is 0.171. The lowest BCUT2D eigenvalue weighted by atomic mass is 9.93. The van der Waals surface area contributed by atoms with Gasteiger partial charge >= 0.3 is 0 Å². The third kappa shape index (κ3) is 0.821. The predicted molar refractivity (Wildman–Crippen MR) is 43.0 cm³/mol. The van der Waals surface area contributed by atoms with Crippen molar-refractivity contribution in [1.82, 2.24) is 5.32 Å². The molecule has 2 aliphatic rings. The maximum Gasteiger partial charge on any atom is 0.221 e. The Morgan fingerprint density at radius 2 is 2.45 bits per heavy atom. The first-order chi connectivity index (χ1) is 5.23. The summed E-state index contributed by atoms with van der Waals surface area (Å²) in [7, 11) is 0. The molecule has 0 aromatic rings. The zero-order valence-corrected chi connectivity index (χ0v) is 6.55. The number of nitrogens with one attached hydrogen (secondary N) is 1. The largest absolute Gasteiger partial charge is 0.343 e. The highest BCUT2D eigenvalue weighted by molar-refractivity contribution is 5.81. The monoisotopic (exact) mass is 149 g/mol. The number of carbonyl (C=O) groups excluding carboxylic acids is 1. The Kier molecular flexibility index (Phi) is 1.19. The van der Waals surface area contributed by atoms with E-state index < -0.39 is 0 Å².